The molecule has 5 nitrogen and oxygen atoms in total. The van der Waals surface area contributed by atoms with Gasteiger partial charge in [0.05, 0.1) is 5.41 Å². The fourth-order valence-corrected chi connectivity index (χ4v) is 2.33. The monoisotopic (exact) mass is 310 g/mol. The highest BCUT2D eigenvalue weighted by Crippen LogP contribution is 2.24. The van der Waals surface area contributed by atoms with Crippen molar-refractivity contribution < 1.29 is 14.7 Å². The Balaban J connectivity index is 2.84. The molecule has 1 aromatic rings. The minimum absolute atomic E-state index is 0.305. The Morgan fingerprint density at radius 1 is 1.33 bits per heavy atom. The van der Waals surface area contributed by atoms with Gasteiger partial charge in [-0.2, -0.15) is 11.8 Å². The topological polar surface area (TPSA) is 92.4 Å². The van der Waals surface area contributed by atoms with Gasteiger partial charge < -0.3 is 16.2 Å². The average molecular weight is 310 g/mol. The predicted octanol–water partition coefficient (Wildman–Crippen LogP) is 1.87. The van der Waals surface area contributed by atoms with Gasteiger partial charge in [0.25, 0.3) is 0 Å². The normalized spacial score (nSPS) is 12.7. The van der Waals surface area contributed by atoms with Gasteiger partial charge in [0, 0.05) is 5.69 Å². The molecular formula is C15H22N2O3S. The number of carbonyl (C=O) groups is 2. The van der Waals surface area contributed by atoms with Gasteiger partial charge in [0.1, 0.15) is 6.04 Å². The van der Waals surface area contributed by atoms with Gasteiger partial charge in [0.15, 0.2) is 0 Å². The van der Waals surface area contributed by atoms with Crippen molar-refractivity contribution in [2.45, 2.75) is 31.7 Å². The van der Waals surface area contributed by atoms with Crippen LogP contribution >= 0.6 is 11.8 Å². The number of nitrogens with one attached hydrogen (secondary N) is 1. The number of hydrogen-bond acceptors (Lipinski definition) is 4. The van der Waals surface area contributed by atoms with E-state index in [4.69, 9.17) is 5.73 Å². The van der Waals surface area contributed by atoms with Crippen LogP contribution in [0, 0.1) is 0 Å². The summed E-state index contributed by atoms with van der Waals surface area (Å²) in [6.07, 6.45) is 2.30. The molecule has 0 unspecified atom stereocenters. The first-order valence-electron chi connectivity index (χ1n) is 6.67. The molecule has 0 fully saturated rings. The number of amides is 1. The van der Waals surface area contributed by atoms with E-state index < -0.39 is 17.4 Å². The van der Waals surface area contributed by atoms with E-state index in [1.165, 1.54) is 0 Å². The number of carboxylic acids is 1. The summed E-state index contributed by atoms with van der Waals surface area (Å²) in [4.78, 5) is 23.6. The van der Waals surface area contributed by atoms with E-state index in [2.05, 4.69) is 5.32 Å². The molecule has 4 N–H and O–H groups in total. The standard InChI is InChI=1S/C15H22N2O3S/c1-15(2,10-4-6-11(16)7-5-10)14(20)17-12(13(18)19)8-9-21-3/h4-7,12H,8-9,16H2,1-3H3,(H,17,20)(H,18,19)/t12-/m1/s1. The van der Waals surface area contributed by atoms with E-state index in [1.54, 1.807) is 49.9 Å². The molecule has 1 amide bonds. The van der Waals surface area contributed by atoms with Crippen LogP contribution in [0.1, 0.15) is 25.8 Å². The number of thioether (sulfide) groups is 1. The summed E-state index contributed by atoms with van der Waals surface area (Å²) in [5.41, 5.74) is 6.24. The Kier molecular flexibility index (Phi) is 6.08. The molecule has 0 aliphatic heterocycles. The molecule has 0 bridgehead atoms. The second kappa shape index (κ2) is 7.36. The largest absolute Gasteiger partial charge is 0.480 e. The maximum Gasteiger partial charge on any atom is 0.326 e. The number of hydrogen-bond donors (Lipinski definition) is 3. The summed E-state index contributed by atoms with van der Waals surface area (Å²) in [6.45, 7) is 3.53. The third-order valence-corrected chi connectivity index (χ3v) is 4.06. The molecule has 0 saturated heterocycles. The van der Waals surface area contributed by atoms with Crippen molar-refractivity contribution in [2.75, 3.05) is 17.7 Å². The van der Waals surface area contributed by atoms with Gasteiger partial charge in [-0.15, -0.1) is 0 Å². The van der Waals surface area contributed by atoms with E-state index >= 15 is 0 Å². The average Bonchev–Trinajstić information content (AvgIpc) is 2.43. The first kappa shape index (κ1) is 17.4. The molecule has 21 heavy (non-hydrogen) atoms. The first-order valence-corrected chi connectivity index (χ1v) is 8.07. The van der Waals surface area contributed by atoms with Crippen LogP contribution in [-0.4, -0.2) is 35.0 Å². The predicted molar refractivity (Wildman–Crippen MR) is 86.4 cm³/mol. The lowest BCUT2D eigenvalue weighted by Crippen LogP contribution is -2.48. The molecule has 0 radical (unpaired) electrons. The van der Waals surface area contributed by atoms with Crippen LogP contribution in [0.3, 0.4) is 0 Å². The van der Waals surface area contributed by atoms with E-state index in [9.17, 15) is 14.7 Å². The van der Waals surface area contributed by atoms with Crippen LogP contribution < -0.4 is 11.1 Å². The maximum atomic E-state index is 12.4. The second-order valence-electron chi connectivity index (χ2n) is 5.39. The van der Waals surface area contributed by atoms with Crippen LogP contribution in [0.5, 0.6) is 0 Å². The van der Waals surface area contributed by atoms with Crippen LogP contribution in [-0.2, 0) is 15.0 Å². The van der Waals surface area contributed by atoms with Gasteiger partial charge in [0.2, 0.25) is 5.91 Å². The quantitative estimate of drug-likeness (QED) is 0.669. The number of aliphatic carboxylic acids is 1. The summed E-state index contributed by atoms with van der Waals surface area (Å²) < 4.78 is 0. The van der Waals surface area contributed by atoms with Crippen LogP contribution in [0.2, 0.25) is 0 Å². The minimum atomic E-state index is -1.01. The van der Waals surface area contributed by atoms with E-state index in [1.807, 2.05) is 6.26 Å². The van der Waals surface area contributed by atoms with Crippen molar-refractivity contribution in [3.63, 3.8) is 0 Å². The number of rotatable bonds is 7. The van der Waals surface area contributed by atoms with E-state index in [0.717, 1.165) is 5.56 Å². The number of anilines is 1. The lowest BCUT2D eigenvalue weighted by atomic mass is 9.83. The zero-order valence-electron chi connectivity index (χ0n) is 12.6. The van der Waals surface area contributed by atoms with Crippen molar-refractivity contribution >= 4 is 29.3 Å². The maximum absolute atomic E-state index is 12.4. The lowest BCUT2D eigenvalue weighted by molar-refractivity contribution is -0.142. The lowest BCUT2D eigenvalue weighted by Gasteiger charge is -2.26. The van der Waals surface area contributed by atoms with Crippen LogP contribution in [0.25, 0.3) is 0 Å². The molecule has 1 aromatic carbocycles. The number of carboxylic acid groups (broad SMARTS) is 1. The summed E-state index contributed by atoms with van der Waals surface area (Å²) in [5, 5.41) is 11.8. The zero-order valence-corrected chi connectivity index (χ0v) is 13.4. The summed E-state index contributed by atoms with van der Waals surface area (Å²) in [5.74, 6) is -0.634. The van der Waals surface area contributed by atoms with Crippen LogP contribution in [0.15, 0.2) is 24.3 Å². The SMILES string of the molecule is CSCC[C@@H](NC(=O)C(C)(C)c1ccc(N)cc1)C(=O)O. The summed E-state index contributed by atoms with van der Waals surface area (Å²) >= 11 is 1.55. The van der Waals surface area contributed by atoms with Crippen molar-refractivity contribution in [1.82, 2.24) is 5.32 Å². The van der Waals surface area contributed by atoms with Gasteiger partial charge in [-0.3, -0.25) is 4.79 Å². The molecular weight excluding hydrogens is 288 g/mol. The fourth-order valence-electron chi connectivity index (χ4n) is 1.86. The zero-order chi connectivity index (χ0) is 16.0. The van der Waals surface area contributed by atoms with Crippen molar-refractivity contribution in [2.24, 2.45) is 0 Å². The molecule has 1 atom stereocenters. The highest BCUT2D eigenvalue weighted by Gasteiger charge is 2.32. The van der Waals surface area contributed by atoms with Gasteiger partial charge >= 0.3 is 5.97 Å². The van der Waals surface area contributed by atoms with Crippen LogP contribution in [0.4, 0.5) is 5.69 Å². The first-order chi connectivity index (χ1) is 9.78. The Morgan fingerprint density at radius 3 is 2.38 bits per heavy atom. The molecule has 1 rings (SSSR count). The smallest absolute Gasteiger partial charge is 0.326 e. The van der Waals surface area contributed by atoms with E-state index in [-0.39, 0.29) is 5.91 Å². The molecule has 0 heterocycles. The van der Waals surface area contributed by atoms with E-state index in [0.29, 0.717) is 17.9 Å². The molecule has 0 aliphatic rings. The minimum Gasteiger partial charge on any atom is -0.480 e. The Hall–Kier alpha value is -1.69. The second-order valence-corrected chi connectivity index (χ2v) is 6.38. The van der Waals surface area contributed by atoms with Gasteiger partial charge in [-0.1, -0.05) is 12.1 Å². The highest BCUT2D eigenvalue weighted by molar-refractivity contribution is 7.98. The third-order valence-electron chi connectivity index (χ3n) is 3.41. The molecule has 0 spiro atoms. The molecule has 0 aliphatic carbocycles. The highest BCUT2D eigenvalue weighted by atomic mass is 32.2. The number of nitrogen functional groups attached to an aromatic ring is 1. The third kappa shape index (κ3) is 4.67. The molecule has 0 aromatic heterocycles. The van der Waals surface area contributed by atoms with Crippen molar-refractivity contribution in [3.05, 3.63) is 29.8 Å². The number of nitrogens with two attached hydrogens (primary N) is 1. The van der Waals surface area contributed by atoms with Crippen molar-refractivity contribution in [3.8, 4) is 0 Å². The van der Waals surface area contributed by atoms with Gasteiger partial charge in [-0.05, 0) is 50.0 Å². The summed E-state index contributed by atoms with van der Waals surface area (Å²) in [6, 6.07) is 6.16. The van der Waals surface area contributed by atoms with Gasteiger partial charge in [-0.25, -0.2) is 4.79 Å². The Labute approximate surface area is 129 Å². The fraction of sp³-hybridized carbons (Fsp3) is 0.467. The summed E-state index contributed by atoms with van der Waals surface area (Å²) in [7, 11) is 0. The molecule has 6 heteroatoms. The number of carbonyl (C=O) groups excluding carboxylic acids is 1. The molecule has 116 valence electrons. The molecule has 0 saturated carbocycles. The Bertz CT molecular complexity index is 500. The Morgan fingerprint density at radius 2 is 1.90 bits per heavy atom. The number of benzene rings is 1. The van der Waals surface area contributed by atoms with Crippen molar-refractivity contribution in [1.29, 1.82) is 0 Å².